The molecule has 4 aromatic rings. The van der Waals surface area contributed by atoms with Crippen LogP contribution in [0.5, 0.6) is 0 Å². The van der Waals surface area contributed by atoms with Crippen LogP contribution in [0.1, 0.15) is 21.5 Å². The minimum Gasteiger partial charge on any atom is -0.442 e. The van der Waals surface area contributed by atoms with Gasteiger partial charge in [0.25, 0.3) is 5.91 Å². The number of hydrogen-bond acceptors (Lipinski definition) is 6. The number of ether oxygens (including phenoxy) is 1. The summed E-state index contributed by atoms with van der Waals surface area (Å²) in [7, 11) is 0. The Morgan fingerprint density at radius 2 is 1.54 bits per heavy atom. The maximum atomic E-state index is 13.2. The molecule has 8 nitrogen and oxygen atoms in total. The molecule has 1 unspecified atom stereocenters. The Morgan fingerprint density at radius 3 is 2.19 bits per heavy atom. The second-order valence-electron chi connectivity index (χ2n) is 8.06. The summed E-state index contributed by atoms with van der Waals surface area (Å²) in [6.07, 6.45) is 0.279. The molecule has 0 aliphatic heterocycles. The largest absolute Gasteiger partial charge is 0.442 e. The maximum absolute atomic E-state index is 13.2. The fourth-order valence-corrected chi connectivity index (χ4v) is 4.57. The highest BCUT2D eigenvalue weighted by Crippen LogP contribution is 2.12. The normalized spacial score (nSPS) is 12.4. The third-order valence-electron chi connectivity index (χ3n) is 5.33. The molecule has 0 aliphatic carbocycles. The first-order valence-electron chi connectivity index (χ1n) is 11.2. The van der Waals surface area contributed by atoms with Crippen molar-refractivity contribution in [2.45, 2.75) is 25.7 Å². The van der Waals surface area contributed by atoms with Crippen LogP contribution in [0.25, 0.3) is 0 Å². The van der Waals surface area contributed by atoms with Crippen molar-refractivity contribution in [1.29, 1.82) is 0 Å². The van der Waals surface area contributed by atoms with Crippen LogP contribution in [-0.4, -0.2) is 26.4 Å². The summed E-state index contributed by atoms with van der Waals surface area (Å²) in [4.78, 5) is 42.7. The first-order chi connectivity index (χ1) is 17.8. The lowest BCUT2D eigenvalue weighted by molar-refractivity contribution is -0.149. The number of nitrogens with zero attached hydrogens (tertiary/aromatic N) is 3. The number of esters is 1. The van der Waals surface area contributed by atoms with E-state index in [0.29, 0.717) is 15.6 Å². The van der Waals surface area contributed by atoms with E-state index < -0.39 is 30.3 Å². The molecule has 11 heteroatoms. The Labute approximate surface area is 226 Å². The quantitative estimate of drug-likeness (QED) is 0.331. The van der Waals surface area contributed by atoms with Crippen molar-refractivity contribution in [2.24, 2.45) is 10.7 Å². The van der Waals surface area contributed by atoms with Gasteiger partial charge in [-0.15, -0.1) is 0 Å². The monoisotopic (exact) mass is 556 g/mol. The average Bonchev–Trinajstić information content (AvgIpc) is 3.18. The summed E-state index contributed by atoms with van der Waals surface area (Å²) in [6, 6.07) is 21.6. The molecular formula is C26H22Cl2N4O4S. The summed E-state index contributed by atoms with van der Waals surface area (Å²) in [5.41, 5.74) is 7.51. The molecule has 0 saturated carbocycles. The molecule has 37 heavy (non-hydrogen) atoms. The van der Waals surface area contributed by atoms with E-state index in [9.17, 15) is 14.4 Å². The van der Waals surface area contributed by atoms with Gasteiger partial charge in [0.2, 0.25) is 4.80 Å². The molecule has 0 aliphatic rings. The van der Waals surface area contributed by atoms with Crippen LogP contribution in [0.3, 0.4) is 0 Å². The number of hydrogen-bond donors (Lipinski definition) is 1. The number of benzene rings is 3. The first kappa shape index (κ1) is 26.6. The lowest BCUT2D eigenvalue weighted by Gasteiger charge is -2.11. The van der Waals surface area contributed by atoms with Crippen molar-refractivity contribution in [3.8, 4) is 0 Å². The Kier molecular flexibility index (Phi) is 8.73. The first-order valence-corrected chi connectivity index (χ1v) is 12.7. The van der Waals surface area contributed by atoms with Crippen molar-refractivity contribution >= 4 is 46.6 Å². The molecule has 3 aromatic carbocycles. The van der Waals surface area contributed by atoms with Gasteiger partial charge in [-0.1, -0.05) is 65.7 Å². The highest BCUT2D eigenvalue weighted by molar-refractivity contribution is 7.03. The predicted molar refractivity (Wildman–Crippen MR) is 143 cm³/mol. The van der Waals surface area contributed by atoms with Crippen LogP contribution in [0.15, 0.2) is 88.6 Å². The van der Waals surface area contributed by atoms with Gasteiger partial charge in [0, 0.05) is 15.6 Å². The molecule has 1 heterocycles. The third-order valence-corrected chi connectivity index (χ3v) is 6.82. The van der Waals surface area contributed by atoms with Gasteiger partial charge in [-0.3, -0.25) is 9.59 Å². The zero-order valence-electron chi connectivity index (χ0n) is 19.4. The van der Waals surface area contributed by atoms with Crippen LogP contribution >= 0.6 is 34.7 Å². The molecule has 0 bridgehead atoms. The highest BCUT2D eigenvalue weighted by atomic mass is 35.5. The molecular weight excluding hydrogens is 535 g/mol. The SMILES string of the molecule is NC(Cc1ccccc1)C(=O)OCn1c(=NC(=O)c2ccc(Cl)cc2)sn(Cc2ccc(Cl)cc2)c1=O. The minimum atomic E-state index is -0.922. The number of halogens is 2. The Bertz CT molecular complexity index is 1510. The van der Waals surface area contributed by atoms with E-state index in [-0.39, 0.29) is 17.8 Å². The zero-order chi connectivity index (χ0) is 26.4. The van der Waals surface area contributed by atoms with Crippen LogP contribution in [0.2, 0.25) is 10.0 Å². The molecule has 1 amide bonds. The van der Waals surface area contributed by atoms with Crippen molar-refractivity contribution < 1.29 is 14.3 Å². The molecule has 4 rings (SSSR count). The number of amides is 1. The topological polar surface area (TPSA) is 109 Å². The van der Waals surface area contributed by atoms with Crippen molar-refractivity contribution in [3.63, 3.8) is 0 Å². The summed E-state index contributed by atoms with van der Waals surface area (Å²) in [5, 5.41) is 1.05. The van der Waals surface area contributed by atoms with E-state index >= 15 is 0 Å². The van der Waals surface area contributed by atoms with Gasteiger partial charge in [0.15, 0.2) is 6.73 Å². The smallest absolute Gasteiger partial charge is 0.342 e. The van der Waals surface area contributed by atoms with Gasteiger partial charge in [0.05, 0.1) is 6.54 Å². The fraction of sp³-hybridized carbons (Fsp3) is 0.154. The van der Waals surface area contributed by atoms with Crippen LogP contribution in [-0.2, 0) is 29.2 Å². The summed E-state index contributed by atoms with van der Waals surface area (Å²) < 4.78 is 7.89. The standard InChI is InChI=1S/C26H22Cl2N4O4S/c27-20-10-6-18(7-11-20)15-32-26(35)31(16-36-24(34)22(29)14-17-4-2-1-3-5-17)25(37-32)30-23(33)19-8-12-21(28)13-9-19/h1-13,22H,14-16,29H2. The van der Waals surface area contributed by atoms with Gasteiger partial charge in [0.1, 0.15) is 6.04 Å². The average molecular weight is 557 g/mol. The van der Waals surface area contributed by atoms with E-state index in [1.807, 2.05) is 30.3 Å². The van der Waals surface area contributed by atoms with E-state index in [1.165, 1.54) is 16.1 Å². The number of nitrogens with two attached hydrogens (primary N) is 1. The molecule has 0 fully saturated rings. The Morgan fingerprint density at radius 1 is 0.919 bits per heavy atom. The number of aromatic nitrogens is 2. The second kappa shape index (κ2) is 12.2. The minimum absolute atomic E-state index is 0.0725. The number of carbonyl (C=O) groups excluding carboxylic acids is 2. The van der Waals surface area contributed by atoms with Gasteiger partial charge in [-0.25, -0.2) is 13.3 Å². The maximum Gasteiger partial charge on any atom is 0.342 e. The van der Waals surface area contributed by atoms with Gasteiger partial charge in [-0.05, 0) is 65.5 Å². The number of carbonyl (C=O) groups is 2. The lowest BCUT2D eigenvalue weighted by Crippen LogP contribution is -2.37. The van der Waals surface area contributed by atoms with Crippen LogP contribution < -0.4 is 16.2 Å². The van der Waals surface area contributed by atoms with Gasteiger partial charge in [-0.2, -0.15) is 4.99 Å². The highest BCUT2D eigenvalue weighted by Gasteiger charge is 2.18. The van der Waals surface area contributed by atoms with E-state index in [2.05, 4.69) is 4.99 Å². The summed E-state index contributed by atoms with van der Waals surface area (Å²) in [5.74, 6) is -1.25. The van der Waals surface area contributed by atoms with E-state index in [4.69, 9.17) is 33.7 Å². The number of rotatable bonds is 8. The molecule has 0 saturated heterocycles. The predicted octanol–water partition coefficient (Wildman–Crippen LogP) is 3.88. The summed E-state index contributed by atoms with van der Waals surface area (Å²) >= 11 is 12.8. The van der Waals surface area contributed by atoms with Crippen LogP contribution in [0, 0.1) is 0 Å². The van der Waals surface area contributed by atoms with E-state index in [0.717, 1.165) is 27.2 Å². The molecule has 2 N–H and O–H groups in total. The third kappa shape index (κ3) is 7.05. The van der Waals surface area contributed by atoms with Gasteiger partial charge < -0.3 is 10.5 Å². The molecule has 0 radical (unpaired) electrons. The fourth-order valence-electron chi connectivity index (χ4n) is 3.38. The molecule has 0 spiro atoms. The van der Waals surface area contributed by atoms with Crippen molar-refractivity contribution in [1.82, 2.24) is 8.52 Å². The van der Waals surface area contributed by atoms with E-state index in [1.54, 1.807) is 36.4 Å². The van der Waals surface area contributed by atoms with Gasteiger partial charge >= 0.3 is 11.7 Å². The lowest BCUT2D eigenvalue weighted by atomic mass is 10.1. The second-order valence-corrected chi connectivity index (χ2v) is 9.92. The summed E-state index contributed by atoms with van der Waals surface area (Å²) in [6.45, 7) is -0.232. The van der Waals surface area contributed by atoms with Crippen LogP contribution in [0.4, 0.5) is 0 Å². The molecule has 190 valence electrons. The Balaban J connectivity index is 1.60. The molecule has 1 atom stereocenters. The van der Waals surface area contributed by atoms with Crippen molar-refractivity contribution in [2.75, 3.05) is 0 Å². The Hall–Kier alpha value is -3.50. The molecule has 1 aromatic heterocycles. The van der Waals surface area contributed by atoms with Crippen molar-refractivity contribution in [3.05, 3.63) is 121 Å². The zero-order valence-corrected chi connectivity index (χ0v) is 21.7.